The lowest BCUT2D eigenvalue weighted by atomic mass is 9.87. The van der Waals surface area contributed by atoms with Gasteiger partial charge in [0.1, 0.15) is 6.54 Å². The molecule has 2 fully saturated rings. The fourth-order valence-corrected chi connectivity index (χ4v) is 2.94. The molecule has 2 rings (SSSR count). The first-order valence-corrected chi connectivity index (χ1v) is 7.73. The molecule has 0 radical (unpaired) electrons. The monoisotopic (exact) mass is 282 g/mol. The van der Waals surface area contributed by atoms with Crippen LogP contribution in [0.2, 0.25) is 0 Å². The second kappa shape index (κ2) is 6.46. The van der Waals surface area contributed by atoms with Crippen molar-refractivity contribution >= 4 is 12.0 Å². The highest BCUT2D eigenvalue weighted by atomic mass is 16.4. The molecule has 20 heavy (non-hydrogen) atoms. The van der Waals surface area contributed by atoms with Crippen LogP contribution in [-0.2, 0) is 4.79 Å². The minimum atomic E-state index is -0.920. The first-order chi connectivity index (χ1) is 9.47. The molecule has 0 aromatic heterocycles. The Hall–Kier alpha value is -1.26. The largest absolute Gasteiger partial charge is 0.480 e. The lowest BCUT2D eigenvalue weighted by Crippen LogP contribution is -2.49. The van der Waals surface area contributed by atoms with Gasteiger partial charge in [0.05, 0.1) is 0 Å². The number of carbonyl (C=O) groups is 2. The molecule has 0 aromatic rings. The Balaban J connectivity index is 1.88. The van der Waals surface area contributed by atoms with Crippen LogP contribution in [0.3, 0.4) is 0 Å². The predicted molar refractivity (Wildman–Crippen MR) is 76.5 cm³/mol. The van der Waals surface area contributed by atoms with E-state index < -0.39 is 5.97 Å². The van der Waals surface area contributed by atoms with Gasteiger partial charge in [-0.25, -0.2) is 4.79 Å². The topological polar surface area (TPSA) is 60.9 Å². The molecule has 1 saturated carbocycles. The van der Waals surface area contributed by atoms with Gasteiger partial charge in [-0.1, -0.05) is 13.8 Å². The number of urea groups is 1. The van der Waals surface area contributed by atoms with Crippen LogP contribution in [-0.4, -0.2) is 53.1 Å². The molecule has 2 amide bonds. The summed E-state index contributed by atoms with van der Waals surface area (Å²) in [5.41, 5.74) is 0. The molecule has 0 unspecified atom stereocenters. The maximum absolute atomic E-state index is 12.5. The molecule has 1 saturated heterocycles. The van der Waals surface area contributed by atoms with E-state index >= 15 is 0 Å². The third-order valence-corrected chi connectivity index (χ3v) is 4.53. The summed E-state index contributed by atoms with van der Waals surface area (Å²) in [7, 11) is 0. The van der Waals surface area contributed by atoms with Gasteiger partial charge in [-0.05, 0) is 43.4 Å². The number of rotatable bonds is 5. The van der Waals surface area contributed by atoms with Crippen LogP contribution < -0.4 is 0 Å². The van der Waals surface area contributed by atoms with Crippen molar-refractivity contribution in [3.05, 3.63) is 0 Å². The normalized spacial score (nSPS) is 20.2. The Morgan fingerprint density at radius 1 is 1.20 bits per heavy atom. The van der Waals surface area contributed by atoms with E-state index in [1.54, 1.807) is 0 Å². The average molecular weight is 282 g/mol. The number of amides is 2. The van der Waals surface area contributed by atoms with Crippen molar-refractivity contribution in [3.63, 3.8) is 0 Å². The minimum absolute atomic E-state index is 0.0819. The smallest absolute Gasteiger partial charge is 0.323 e. The second-order valence-electron chi connectivity index (χ2n) is 6.57. The van der Waals surface area contributed by atoms with Crippen LogP contribution in [0.1, 0.15) is 39.5 Å². The van der Waals surface area contributed by atoms with Crippen LogP contribution in [0.5, 0.6) is 0 Å². The third kappa shape index (κ3) is 4.12. The Kier molecular flexibility index (Phi) is 4.89. The van der Waals surface area contributed by atoms with E-state index in [9.17, 15) is 9.59 Å². The number of hydrogen-bond donors (Lipinski definition) is 1. The molecule has 1 heterocycles. The molecule has 0 bridgehead atoms. The van der Waals surface area contributed by atoms with Gasteiger partial charge in [0.2, 0.25) is 0 Å². The second-order valence-corrected chi connectivity index (χ2v) is 6.57. The van der Waals surface area contributed by atoms with Gasteiger partial charge < -0.3 is 14.9 Å². The molecule has 1 N–H and O–H groups in total. The molecule has 0 atom stereocenters. The molecule has 5 nitrogen and oxygen atoms in total. The van der Waals surface area contributed by atoms with Crippen molar-refractivity contribution in [2.45, 2.75) is 39.5 Å². The third-order valence-electron chi connectivity index (χ3n) is 4.53. The summed E-state index contributed by atoms with van der Waals surface area (Å²) < 4.78 is 0. The van der Waals surface area contributed by atoms with E-state index in [2.05, 4.69) is 13.8 Å². The molecule has 1 aliphatic carbocycles. The number of carboxylic acid groups (broad SMARTS) is 1. The lowest BCUT2D eigenvalue weighted by Gasteiger charge is -2.36. The zero-order chi connectivity index (χ0) is 14.7. The first kappa shape index (κ1) is 15.1. The van der Waals surface area contributed by atoms with Gasteiger partial charge in [0.25, 0.3) is 0 Å². The van der Waals surface area contributed by atoms with Crippen molar-refractivity contribution in [2.24, 2.45) is 17.8 Å². The van der Waals surface area contributed by atoms with Gasteiger partial charge in [0, 0.05) is 19.6 Å². The molecule has 114 valence electrons. The molecular weight excluding hydrogens is 256 g/mol. The van der Waals surface area contributed by atoms with Crippen molar-refractivity contribution in [2.75, 3.05) is 26.2 Å². The number of aliphatic carboxylic acids is 1. The van der Waals surface area contributed by atoms with E-state index in [0.29, 0.717) is 24.3 Å². The van der Waals surface area contributed by atoms with Gasteiger partial charge in [-0.2, -0.15) is 0 Å². The summed E-state index contributed by atoms with van der Waals surface area (Å²) in [6.07, 6.45) is 4.32. The summed E-state index contributed by atoms with van der Waals surface area (Å²) in [5, 5.41) is 8.97. The van der Waals surface area contributed by atoms with Gasteiger partial charge >= 0.3 is 12.0 Å². The maximum atomic E-state index is 12.5. The molecule has 5 heteroatoms. The standard InChI is InChI=1S/C15H26N2O3/c1-11(2)13-5-7-16(8-6-13)15(20)17(10-14(18)19)9-12-3-4-12/h11-13H,3-10H2,1-2H3,(H,18,19). The lowest BCUT2D eigenvalue weighted by molar-refractivity contribution is -0.137. The number of likely N-dealkylation sites (tertiary alicyclic amines) is 1. The zero-order valence-electron chi connectivity index (χ0n) is 12.5. The highest BCUT2D eigenvalue weighted by Crippen LogP contribution is 2.30. The summed E-state index contributed by atoms with van der Waals surface area (Å²) in [6.45, 7) is 6.43. The average Bonchev–Trinajstić information content (AvgIpc) is 3.20. The fraction of sp³-hybridized carbons (Fsp3) is 0.867. The Labute approximate surface area is 120 Å². The fourth-order valence-electron chi connectivity index (χ4n) is 2.94. The molecule has 0 spiro atoms. The molecular formula is C15H26N2O3. The van der Waals surface area contributed by atoms with E-state index in [1.807, 2.05) is 4.90 Å². The summed E-state index contributed by atoms with van der Waals surface area (Å²) >= 11 is 0. The Bertz CT molecular complexity index is 358. The molecule has 2 aliphatic rings. The van der Waals surface area contributed by atoms with E-state index in [0.717, 1.165) is 38.8 Å². The zero-order valence-corrected chi connectivity index (χ0v) is 12.5. The summed E-state index contributed by atoms with van der Waals surface area (Å²) in [5.74, 6) is 0.951. The highest BCUT2D eigenvalue weighted by molar-refractivity contribution is 5.80. The number of carbonyl (C=O) groups excluding carboxylic acids is 1. The predicted octanol–water partition coefficient (Wildman–Crippen LogP) is 2.27. The van der Waals surface area contributed by atoms with Crippen LogP contribution in [0.4, 0.5) is 4.79 Å². The maximum Gasteiger partial charge on any atom is 0.323 e. The van der Waals surface area contributed by atoms with E-state index in [1.165, 1.54) is 4.90 Å². The van der Waals surface area contributed by atoms with Crippen LogP contribution in [0.25, 0.3) is 0 Å². The highest BCUT2D eigenvalue weighted by Gasteiger charge is 2.32. The van der Waals surface area contributed by atoms with Gasteiger partial charge in [-0.3, -0.25) is 4.79 Å². The Morgan fingerprint density at radius 2 is 1.80 bits per heavy atom. The first-order valence-electron chi connectivity index (χ1n) is 7.73. The SMILES string of the molecule is CC(C)C1CCN(C(=O)N(CC(=O)O)CC2CC2)CC1. The van der Waals surface area contributed by atoms with Crippen LogP contribution in [0, 0.1) is 17.8 Å². The molecule has 1 aliphatic heterocycles. The molecule has 0 aromatic carbocycles. The van der Waals surface area contributed by atoms with E-state index in [-0.39, 0.29) is 12.6 Å². The van der Waals surface area contributed by atoms with Gasteiger partial charge in [0.15, 0.2) is 0 Å². The van der Waals surface area contributed by atoms with Crippen molar-refractivity contribution in [3.8, 4) is 0 Å². The summed E-state index contributed by atoms with van der Waals surface area (Å²) in [6, 6.07) is -0.0819. The van der Waals surface area contributed by atoms with Crippen molar-refractivity contribution < 1.29 is 14.7 Å². The number of piperidine rings is 1. The van der Waals surface area contributed by atoms with E-state index in [4.69, 9.17) is 5.11 Å². The summed E-state index contributed by atoms with van der Waals surface area (Å²) in [4.78, 5) is 26.8. The minimum Gasteiger partial charge on any atom is -0.480 e. The van der Waals surface area contributed by atoms with Crippen molar-refractivity contribution in [1.82, 2.24) is 9.80 Å². The van der Waals surface area contributed by atoms with Crippen LogP contribution in [0.15, 0.2) is 0 Å². The number of carboxylic acids is 1. The van der Waals surface area contributed by atoms with Gasteiger partial charge in [-0.15, -0.1) is 0 Å². The number of nitrogens with zero attached hydrogens (tertiary/aromatic N) is 2. The number of hydrogen-bond acceptors (Lipinski definition) is 2. The van der Waals surface area contributed by atoms with Crippen molar-refractivity contribution in [1.29, 1.82) is 0 Å². The van der Waals surface area contributed by atoms with Crippen LogP contribution >= 0.6 is 0 Å². The Morgan fingerprint density at radius 3 is 2.25 bits per heavy atom. The quantitative estimate of drug-likeness (QED) is 0.841.